The van der Waals surface area contributed by atoms with E-state index in [-0.39, 0.29) is 0 Å². The van der Waals surface area contributed by atoms with Gasteiger partial charge in [0.05, 0.1) is 22.8 Å². The van der Waals surface area contributed by atoms with Gasteiger partial charge in [-0.2, -0.15) is 0 Å². The van der Waals surface area contributed by atoms with E-state index >= 15 is 0 Å². The highest BCUT2D eigenvalue weighted by molar-refractivity contribution is 5.78. The van der Waals surface area contributed by atoms with Crippen molar-refractivity contribution < 1.29 is 4.42 Å². The molecule has 0 amide bonds. The predicted molar refractivity (Wildman–Crippen MR) is 114 cm³/mol. The fourth-order valence-electron chi connectivity index (χ4n) is 3.34. The van der Waals surface area contributed by atoms with E-state index in [1.807, 2.05) is 6.07 Å². The van der Waals surface area contributed by atoms with Crippen LogP contribution in [0.4, 0.5) is 0 Å². The first kappa shape index (κ1) is 17.2. The van der Waals surface area contributed by atoms with Crippen LogP contribution in [0.1, 0.15) is 16.7 Å². The maximum absolute atomic E-state index is 6.42. The zero-order valence-corrected chi connectivity index (χ0v) is 16.0. The molecule has 0 spiro atoms. The predicted octanol–water partition coefficient (Wildman–Crippen LogP) is 7.49. The summed E-state index contributed by atoms with van der Waals surface area (Å²) >= 11 is 0. The molecule has 1 nitrogen and oxygen atoms in total. The van der Waals surface area contributed by atoms with Crippen LogP contribution in [-0.2, 0) is 0 Å². The quantitative estimate of drug-likeness (QED) is 0.348. The van der Waals surface area contributed by atoms with Crippen LogP contribution in [0.5, 0.6) is 0 Å². The molecule has 1 heterocycles. The molecule has 27 heavy (non-hydrogen) atoms. The molecule has 0 aliphatic heterocycles. The highest BCUT2D eigenvalue weighted by atomic mass is 16.3. The Morgan fingerprint density at radius 1 is 0.556 bits per heavy atom. The van der Waals surface area contributed by atoms with Crippen molar-refractivity contribution in [1.29, 1.82) is 0 Å². The van der Waals surface area contributed by atoms with Gasteiger partial charge in [0.15, 0.2) is 0 Å². The molecule has 0 saturated heterocycles. The van der Waals surface area contributed by atoms with Crippen molar-refractivity contribution in [2.24, 2.45) is 0 Å². The highest BCUT2D eigenvalue weighted by Crippen LogP contribution is 2.36. The van der Waals surface area contributed by atoms with Crippen molar-refractivity contribution in [3.05, 3.63) is 102 Å². The lowest BCUT2D eigenvalue weighted by atomic mass is 9.96. The van der Waals surface area contributed by atoms with E-state index in [0.717, 1.165) is 28.2 Å². The molecule has 0 bridgehead atoms. The molecule has 1 aromatic heterocycles. The monoisotopic (exact) mass is 351 g/mol. The largest absolute Gasteiger partial charge is 0.364 e. The van der Waals surface area contributed by atoms with Crippen LogP contribution in [0.3, 0.4) is 0 Å². The molecule has 0 unspecified atom stereocenters. The van der Waals surface area contributed by atoms with Gasteiger partial charge >= 0.3 is 11.5 Å². The topological polar surface area (TPSA) is 11.3 Å². The summed E-state index contributed by atoms with van der Waals surface area (Å²) in [5.74, 6) is 1.81. The average molecular weight is 351 g/mol. The van der Waals surface area contributed by atoms with Crippen molar-refractivity contribution >= 4 is 0 Å². The average Bonchev–Trinajstić information content (AvgIpc) is 2.70. The Labute approximate surface area is 161 Å². The van der Waals surface area contributed by atoms with Crippen LogP contribution in [0.15, 0.2) is 89.3 Å². The second-order valence-corrected chi connectivity index (χ2v) is 7.08. The van der Waals surface area contributed by atoms with Gasteiger partial charge < -0.3 is 0 Å². The van der Waals surface area contributed by atoms with Gasteiger partial charge in [0, 0.05) is 5.56 Å². The minimum absolute atomic E-state index is 0.884. The van der Waals surface area contributed by atoms with Gasteiger partial charge in [0.25, 0.3) is 0 Å². The molecular weight excluding hydrogens is 328 g/mol. The van der Waals surface area contributed by atoms with Gasteiger partial charge in [0.1, 0.15) is 0 Å². The first-order chi connectivity index (χ1) is 13.1. The first-order valence-electron chi connectivity index (χ1n) is 9.29. The molecule has 0 aliphatic rings. The Balaban J connectivity index is 1.96. The highest BCUT2D eigenvalue weighted by Gasteiger charge is 2.24. The summed E-state index contributed by atoms with van der Waals surface area (Å²) in [6, 6.07) is 29.7. The van der Waals surface area contributed by atoms with Crippen molar-refractivity contribution in [2.75, 3.05) is 0 Å². The third kappa shape index (κ3) is 3.54. The van der Waals surface area contributed by atoms with Crippen LogP contribution in [0.2, 0.25) is 0 Å². The molecule has 1 heteroatoms. The summed E-state index contributed by atoms with van der Waals surface area (Å²) in [6.45, 7) is 6.34. The number of hydrogen-bond acceptors (Lipinski definition) is 0. The van der Waals surface area contributed by atoms with Crippen LogP contribution < -0.4 is 0 Å². The number of hydrogen-bond donors (Lipinski definition) is 0. The molecule has 0 atom stereocenters. The molecule has 0 saturated carbocycles. The zero-order chi connectivity index (χ0) is 18.8. The third-order valence-corrected chi connectivity index (χ3v) is 4.97. The van der Waals surface area contributed by atoms with E-state index in [9.17, 15) is 0 Å². The lowest BCUT2D eigenvalue weighted by molar-refractivity contribution is 0.578. The first-order valence-corrected chi connectivity index (χ1v) is 9.29. The summed E-state index contributed by atoms with van der Waals surface area (Å²) in [5, 5.41) is 0. The van der Waals surface area contributed by atoms with Gasteiger partial charge in [-0.25, -0.2) is 4.42 Å². The molecule has 0 N–H and O–H groups in total. The Bertz CT molecular complexity index is 1060. The summed E-state index contributed by atoms with van der Waals surface area (Å²) in [5.41, 5.74) is 8.24. The Hall–Kier alpha value is -3.19. The number of rotatable bonds is 3. The fraction of sp³-hybridized carbons (Fsp3) is 0.115. The third-order valence-electron chi connectivity index (χ3n) is 4.97. The standard InChI is InChI=1S/C26H23O/c1-18-9-13-22(14-10-18)25-17-24(21-7-5-4-6-8-21)20(3)26(27-25)23-15-11-19(2)12-16-23/h4-17H,1-3H3/q+1. The lowest BCUT2D eigenvalue weighted by Crippen LogP contribution is -1.92. The van der Waals surface area contributed by atoms with Crippen molar-refractivity contribution in [1.82, 2.24) is 0 Å². The van der Waals surface area contributed by atoms with E-state index in [1.165, 1.54) is 22.3 Å². The molecule has 0 aliphatic carbocycles. The zero-order valence-electron chi connectivity index (χ0n) is 16.0. The Morgan fingerprint density at radius 3 is 1.70 bits per heavy atom. The number of aryl methyl sites for hydroxylation is 2. The molecule has 132 valence electrons. The smallest absolute Gasteiger partial charge is 0.206 e. The lowest BCUT2D eigenvalue weighted by Gasteiger charge is -2.07. The molecular formula is C26H23O+. The minimum atomic E-state index is 0.884. The van der Waals surface area contributed by atoms with E-state index < -0.39 is 0 Å². The van der Waals surface area contributed by atoms with E-state index in [1.54, 1.807) is 0 Å². The van der Waals surface area contributed by atoms with Crippen molar-refractivity contribution in [2.45, 2.75) is 20.8 Å². The normalized spacial score (nSPS) is 10.8. The van der Waals surface area contributed by atoms with E-state index in [2.05, 4.69) is 99.6 Å². The van der Waals surface area contributed by atoms with Crippen molar-refractivity contribution in [3.8, 4) is 33.8 Å². The van der Waals surface area contributed by atoms with E-state index in [0.29, 0.717) is 0 Å². The molecule has 3 aromatic carbocycles. The Morgan fingerprint density at radius 2 is 1.11 bits per heavy atom. The summed E-state index contributed by atoms with van der Waals surface area (Å²) < 4.78 is 6.42. The van der Waals surface area contributed by atoms with Crippen LogP contribution in [0.25, 0.3) is 33.8 Å². The summed E-state index contributed by atoms with van der Waals surface area (Å²) in [7, 11) is 0. The van der Waals surface area contributed by atoms with Crippen LogP contribution in [0, 0.1) is 20.8 Å². The fourth-order valence-corrected chi connectivity index (χ4v) is 3.34. The minimum Gasteiger partial charge on any atom is -0.206 e. The molecule has 4 aromatic rings. The van der Waals surface area contributed by atoms with E-state index in [4.69, 9.17) is 4.42 Å². The Kier molecular flexibility index (Phi) is 4.60. The maximum Gasteiger partial charge on any atom is 0.364 e. The second kappa shape index (κ2) is 7.20. The molecule has 0 radical (unpaired) electrons. The van der Waals surface area contributed by atoms with Gasteiger partial charge in [-0.15, -0.1) is 0 Å². The van der Waals surface area contributed by atoms with Gasteiger partial charge in [-0.05, 0) is 50.6 Å². The van der Waals surface area contributed by atoms with Gasteiger partial charge in [-0.3, -0.25) is 0 Å². The van der Waals surface area contributed by atoms with Gasteiger partial charge in [0.2, 0.25) is 0 Å². The van der Waals surface area contributed by atoms with Gasteiger partial charge in [-0.1, -0.05) is 65.7 Å². The SMILES string of the molecule is Cc1ccc(-c2cc(-c3ccccc3)c(C)c(-c3ccc(C)cc3)[o+]2)cc1. The maximum atomic E-state index is 6.42. The molecule has 4 rings (SSSR count). The summed E-state index contributed by atoms with van der Waals surface area (Å²) in [6.07, 6.45) is 0. The van der Waals surface area contributed by atoms with Crippen molar-refractivity contribution in [3.63, 3.8) is 0 Å². The second-order valence-electron chi connectivity index (χ2n) is 7.08. The van der Waals surface area contributed by atoms with Crippen LogP contribution >= 0.6 is 0 Å². The number of benzene rings is 3. The molecule has 0 fully saturated rings. The summed E-state index contributed by atoms with van der Waals surface area (Å²) in [4.78, 5) is 0. The van der Waals surface area contributed by atoms with Crippen LogP contribution in [-0.4, -0.2) is 0 Å².